The maximum Gasteiger partial charge on any atom is 0.308 e. The van der Waals surface area contributed by atoms with Crippen LogP contribution in [0.15, 0.2) is 24.3 Å². The highest BCUT2D eigenvalue weighted by Gasteiger charge is 2.38. The number of para-hydroxylation sites is 1. The second-order valence-electron chi connectivity index (χ2n) is 6.65. The molecule has 3 rings (SSSR count). The molecule has 0 spiro atoms. The zero-order valence-corrected chi connectivity index (χ0v) is 13.7. The molecule has 0 radical (unpaired) electrons. The largest absolute Gasteiger partial charge is 0.481 e. The lowest BCUT2D eigenvalue weighted by Crippen LogP contribution is -2.38. The van der Waals surface area contributed by atoms with Crippen LogP contribution in [0.3, 0.4) is 0 Å². The first-order valence-electron chi connectivity index (χ1n) is 8.38. The number of carboxylic acids is 1. The Morgan fingerprint density at radius 1 is 1.33 bits per heavy atom. The lowest BCUT2D eigenvalue weighted by Gasteiger charge is -2.26. The summed E-state index contributed by atoms with van der Waals surface area (Å²) in [5.74, 6) is -1.64. The summed E-state index contributed by atoms with van der Waals surface area (Å²) in [5.41, 5.74) is 1.94. The van der Waals surface area contributed by atoms with Gasteiger partial charge in [-0.1, -0.05) is 18.2 Å². The zero-order chi connectivity index (χ0) is 17.3. The fraction of sp³-hybridized carbons (Fsp3) is 0.500. The second kappa shape index (κ2) is 6.63. The van der Waals surface area contributed by atoms with Crippen LogP contribution >= 0.6 is 0 Å². The molecule has 2 amide bonds. The molecule has 0 aliphatic carbocycles. The van der Waals surface area contributed by atoms with E-state index in [0.717, 1.165) is 11.3 Å². The van der Waals surface area contributed by atoms with Crippen LogP contribution in [0.1, 0.15) is 31.7 Å². The summed E-state index contributed by atoms with van der Waals surface area (Å²) in [6.07, 6.45) is 1.90. The normalized spacial score (nSPS) is 26.0. The van der Waals surface area contributed by atoms with Gasteiger partial charge in [0.05, 0.1) is 5.92 Å². The lowest BCUT2D eigenvalue weighted by molar-refractivity contribution is -0.143. The average Bonchev–Trinajstić information content (AvgIpc) is 2.94. The van der Waals surface area contributed by atoms with E-state index in [9.17, 15) is 14.4 Å². The lowest BCUT2D eigenvalue weighted by atomic mass is 9.89. The molecule has 3 unspecified atom stereocenters. The molecule has 1 saturated heterocycles. The van der Waals surface area contributed by atoms with Crippen molar-refractivity contribution in [1.29, 1.82) is 0 Å². The molecule has 0 saturated carbocycles. The Hall–Kier alpha value is -2.37. The van der Waals surface area contributed by atoms with Crippen molar-refractivity contribution in [2.75, 3.05) is 11.9 Å². The smallest absolute Gasteiger partial charge is 0.308 e. The first-order valence-corrected chi connectivity index (χ1v) is 8.38. The van der Waals surface area contributed by atoms with Gasteiger partial charge < -0.3 is 15.3 Å². The third kappa shape index (κ3) is 3.13. The Morgan fingerprint density at radius 3 is 2.79 bits per heavy atom. The van der Waals surface area contributed by atoms with Crippen molar-refractivity contribution < 1.29 is 19.5 Å². The molecule has 0 aromatic heterocycles. The minimum absolute atomic E-state index is 0.0422. The van der Waals surface area contributed by atoms with Crippen molar-refractivity contribution >= 4 is 23.5 Å². The predicted molar refractivity (Wildman–Crippen MR) is 88.4 cm³/mol. The van der Waals surface area contributed by atoms with Gasteiger partial charge in [0.25, 0.3) is 0 Å². The molecule has 6 nitrogen and oxygen atoms in total. The van der Waals surface area contributed by atoms with Gasteiger partial charge in [0.15, 0.2) is 0 Å². The summed E-state index contributed by atoms with van der Waals surface area (Å²) in [6.45, 7) is 2.27. The molecule has 2 aliphatic rings. The third-order valence-corrected chi connectivity index (χ3v) is 5.21. The van der Waals surface area contributed by atoms with E-state index in [-0.39, 0.29) is 30.2 Å². The fourth-order valence-corrected chi connectivity index (χ4v) is 3.71. The quantitative estimate of drug-likeness (QED) is 0.883. The fourth-order valence-electron chi connectivity index (χ4n) is 3.71. The minimum atomic E-state index is -0.846. The molecular weight excluding hydrogens is 308 g/mol. The van der Waals surface area contributed by atoms with Crippen molar-refractivity contribution in [3.63, 3.8) is 0 Å². The van der Waals surface area contributed by atoms with Crippen LogP contribution in [0.2, 0.25) is 0 Å². The molecule has 2 aliphatic heterocycles. The van der Waals surface area contributed by atoms with Crippen LogP contribution in [0.25, 0.3) is 0 Å². The topological polar surface area (TPSA) is 86.7 Å². The summed E-state index contributed by atoms with van der Waals surface area (Å²) in [6, 6.07) is 7.42. The van der Waals surface area contributed by atoms with E-state index >= 15 is 0 Å². The number of fused-ring (bicyclic) bond motifs is 1. The number of carbonyl (C=O) groups is 3. The van der Waals surface area contributed by atoms with Gasteiger partial charge >= 0.3 is 5.97 Å². The van der Waals surface area contributed by atoms with E-state index in [1.165, 1.54) is 0 Å². The van der Waals surface area contributed by atoms with Crippen LogP contribution in [0.4, 0.5) is 5.69 Å². The molecule has 1 fully saturated rings. The molecule has 1 aromatic carbocycles. The number of nitrogens with one attached hydrogen (secondary N) is 1. The number of carboxylic acid groups (broad SMARTS) is 1. The molecule has 0 bridgehead atoms. The molecule has 3 atom stereocenters. The van der Waals surface area contributed by atoms with Gasteiger partial charge in [-0.15, -0.1) is 0 Å². The number of carbonyl (C=O) groups excluding carboxylic acids is 2. The Labute approximate surface area is 140 Å². The van der Waals surface area contributed by atoms with E-state index in [2.05, 4.69) is 5.32 Å². The van der Waals surface area contributed by atoms with Crippen LogP contribution in [0, 0.1) is 11.8 Å². The highest BCUT2D eigenvalue weighted by molar-refractivity contribution is 5.96. The van der Waals surface area contributed by atoms with Crippen molar-refractivity contribution in [3.8, 4) is 0 Å². The van der Waals surface area contributed by atoms with E-state index in [4.69, 9.17) is 5.11 Å². The van der Waals surface area contributed by atoms with Gasteiger partial charge in [-0.25, -0.2) is 0 Å². The van der Waals surface area contributed by atoms with Gasteiger partial charge in [0.1, 0.15) is 0 Å². The van der Waals surface area contributed by atoms with Crippen LogP contribution in [-0.2, 0) is 20.8 Å². The SMILES string of the molecule is CC1C(C(=O)O)CCN1C(=O)CCC1Cc2ccccc2NC1=O. The number of aliphatic carboxylic acids is 1. The highest BCUT2D eigenvalue weighted by atomic mass is 16.4. The third-order valence-electron chi connectivity index (χ3n) is 5.21. The standard InChI is InChI=1S/C18H22N2O4/c1-11-14(18(23)24)8-9-20(11)16(21)7-6-13-10-12-4-2-3-5-15(12)19-17(13)22/h2-5,11,13-14H,6-10H2,1H3,(H,19,22)(H,23,24). The van der Waals surface area contributed by atoms with Gasteiger partial charge in [-0.05, 0) is 37.8 Å². The van der Waals surface area contributed by atoms with E-state index in [0.29, 0.717) is 25.8 Å². The Kier molecular flexibility index (Phi) is 4.55. The van der Waals surface area contributed by atoms with Gasteiger partial charge in [-0.2, -0.15) is 0 Å². The predicted octanol–water partition coefficient (Wildman–Crippen LogP) is 1.90. The molecule has 24 heavy (non-hydrogen) atoms. The summed E-state index contributed by atoms with van der Waals surface area (Å²) in [5, 5.41) is 12.0. The summed E-state index contributed by atoms with van der Waals surface area (Å²) < 4.78 is 0. The second-order valence-corrected chi connectivity index (χ2v) is 6.65. The summed E-state index contributed by atoms with van der Waals surface area (Å²) >= 11 is 0. The first-order chi connectivity index (χ1) is 11.5. The van der Waals surface area contributed by atoms with E-state index in [1.54, 1.807) is 11.8 Å². The number of anilines is 1. The van der Waals surface area contributed by atoms with Crippen molar-refractivity contribution in [2.24, 2.45) is 11.8 Å². The Bertz CT molecular complexity index is 673. The van der Waals surface area contributed by atoms with E-state index < -0.39 is 11.9 Å². The Morgan fingerprint density at radius 2 is 2.08 bits per heavy atom. The summed E-state index contributed by atoms with van der Waals surface area (Å²) in [7, 11) is 0. The number of hydrogen-bond donors (Lipinski definition) is 2. The molecule has 2 N–H and O–H groups in total. The number of benzene rings is 1. The van der Waals surface area contributed by atoms with Crippen molar-refractivity contribution in [3.05, 3.63) is 29.8 Å². The maximum atomic E-state index is 12.4. The van der Waals surface area contributed by atoms with E-state index in [1.807, 2.05) is 24.3 Å². The van der Waals surface area contributed by atoms with Crippen molar-refractivity contribution in [2.45, 2.75) is 38.6 Å². The molecule has 128 valence electrons. The first kappa shape index (κ1) is 16.5. The number of nitrogens with zero attached hydrogens (tertiary/aromatic N) is 1. The minimum Gasteiger partial charge on any atom is -0.481 e. The molecule has 2 heterocycles. The highest BCUT2D eigenvalue weighted by Crippen LogP contribution is 2.29. The van der Waals surface area contributed by atoms with Crippen molar-refractivity contribution in [1.82, 2.24) is 4.90 Å². The monoisotopic (exact) mass is 330 g/mol. The van der Waals surface area contributed by atoms with Gasteiger partial charge in [0.2, 0.25) is 11.8 Å². The number of hydrogen-bond acceptors (Lipinski definition) is 3. The molecular formula is C18H22N2O4. The molecule has 6 heteroatoms. The number of amides is 2. The summed E-state index contributed by atoms with van der Waals surface area (Å²) in [4.78, 5) is 37.4. The molecule has 1 aromatic rings. The van der Waals surface area contributed by atoms with Crippen LogP contribution in [-0.4, -0.2) is 40.4 Å². The van der Waals surface area contributed by atoms with Crippen LogP contribution in [0.5, 0.6) is 0 Å². The average molecular weight is 330 g/mol. The van der Waals surface area contributed by atoms with Gasteiger partial charge in [-0.3, -0.25) is 14.4 Å². The number of rotatable bonds is 4. The number of likely N-dealkylation sites (tertiary alicyclic amines) is 1. The van der Waals surface area contributed by atoms with Gasteiger partial charge in [0, 0.05) is 30.6 Å². The Balaban J connectivity index is 1.57. The maximum absolute atomic E-state index is 12.4. The van der Waals surface area contributed by atoms with Crippen LogP contribution < -0.4 is 5.32 Å². The zero-order valence-electron chi connectivity index (χ0n) is 13.7.